The predicted molar refractivity (Wildman–Crippen MR) is 86.7 cm³/mol. The van der Waals surface area contributed by atoms with Crippen molar-refractivity contribution in [1.29, 1.82) is 0 Å². The van der Waals surface area contributed by atoms with Crippen LogP contribution in [0, 0.1) is 0 Å². The molecule has 0 N–H and O–H groups in total. The number of allylic oxidation sites excluding steroid dienone is 2. The molecule has 1 aromatic carbocycles. The lowest BCUT2D eigenvalue weighted by Crippen LogP contribution is -2.41. The molecule has 19 heavy (non-hydrogen) atoms. The molecule has 0 aliphatic carbocycles. The summed E-state index contributed by atoms with van der Waals surface area (Å²) in [5.74, 6) is 0. The molecule has 0 unspecified atom stereocenters. The van der Waals surface area contributed by atoms with Crippen molar-refractivity contribution in [2.45, 2.75) is 51.7 Å². The number of benzene rings is 1. The normalized spacial score (nSPS) is 12.5. The monoisotopic (exact) mass is 274 g/mol. The minimum atomic E-state index is -1.53. The van der Waals surface area contributed by atoms with E-state index in [1.807, 2.05) is 0 Å². The Balaban J connectivity index is 2.66. The molecular weight excluding hydrogens is 248 g/mol. The Bertz CT molecular complexity index is 407. The van der Waals surface area contributed by atoms with Crippen LogP contribution in [0.15, 0.2) is 42.0 Å². The summed E-state index contributed by atoms with van der Waals surface area (Å²) in [4.78, 5) is 11.2. The lowest BCUT2D eigenvalue weighted by Gasteiger charge is -2.23. The molecule has 0 aliphatic rings. The van der Waals surface area contributed by atoms with Crippen molar-refractivity contribution < 1.29 is 4.79 Å². The van der Waals surface area contributed by atoms with Crippen molar-refractivity contribution in [3.05, 3.63) is 42.0 Å². The first-order valence-electron chi connectivity index (χ1n) is 7.30. The second-order valence-electron chi connectivity index (χ2n) is 5.82. The summed E-state index contributed by atoms with van der Waals surface area (Å²) in [5.41, 5.74) is 0.997. The summed E-state index contributed by atoms with van der Waals surface area (Å²) >= 11 is 0. The Morgan fingerprint density at radius 1 is 1.16 bits per heavy atom. The van der Waals surface area contributed by atoms with Crippen LogP contribution >= 0.6 is 0 Å². The lowest BCUT2D eigenvalue weighted by molar-refractivity contribution is -0.104. The Kier molecular flexibility index (Phi) is 6.78. The molecule has 1 rings (SSSR count). The maximum absolute atomic E-state index is 11.2. The van der Waals surface area contributed by atoms with Crippen LogP contribution in [0.4, 0.5) is 0 Å². The number of hydrogen-bond acceptors (Lipinski definition) is 1. The van der Waals surface area contributed by atoms with Gasteiger partial charge in [-0.1, -0.05) is 74.5 Å². The van der Waals surface area contributed by atoms with Crippen LogP contribution in [0.1, 0.15) is 32.6 Å². The average molecular weight is 274 g/mol. The van der Waals surface area contributed by atoms with Crippen LogP contribution in [0.5, 0.6) is 0 Å². The second kappa shape index (κ2) is 8.11. The first kappa shape index (κ1) is 15.9. The number of aldehydes is 1. The third-order valence-corrected chi connectivity index (χ3v) is 6.76. The van der Waals surface area contributed by atoms with Gasteiger partial charge in [0.15, 0.2) is 0 Å². The van der Waals surface area contributed by atoms with Crippen molar-refractivity contribution in [3.8, 4) is 0 Å². The van der Waals surface area contributed by atoms with Gasteiger partial charge in [-0.25, -0.2) is 0 Å². The van der Waals surface area contributed by atoms with Gasteiger partial charge in [0.2, 0.25) is 0 Å². The highest BCUT2D eigenvalue weighted by molar-refractivity contribution is 6.90. The molecule has 0 spiro atoms. The van der Waals surface area contributed by atoms with Crippen LogP contribution in [0.3, 0.4) is 0 Å². The van der Waals surface area contributed by atoms with E-state index < -0.39 is 8.07 Å². The zero-order chi connectivity index (χ0) is 14.1. The van der Waals surface area contributed by atoms with E-state index in [1.54, 1.807) is 0 Å². The maximum atomic E-state index is 11.2. The van der Waals surface area contributed by atoms with E-state index in [0.717, 1.165) is 24.3 Å². The third kappa shape index (κ3) is 5.56. The fraction of sp³-hybridized carbons (Fsp3) is 0.471. The second-order valence-corrected chi connectivity index (χ2v) is 10.5. The maximum Gasteiger partial charge on any atom is 0.145 e. The Labute approximate surface area is 118 Å². The van der Waals surface area contributed by atoms with Crippen molar-refractivity contribution in [2.24, 2.45) is 0 Å². The molecule has 0 aromatic heterocycles. The van der Waals surface area contributed by atoms with E-state index in [9.17, 15) is 4.79 Å². The van der Waals surface area contributed by atoms with E-state index >= 15 is 0 Å². The van der Waals surface area contributed by atoms with Gasteiger partial charge in [0.25, 0.3) is 0 Å². The molecule has 0 amide bonds. The molecule has 0 fully saturated rings. The van der Waals surface area contributed by atoms with Crippen molar-refractivity contribution in [1.82, 2.24) is 0 Å². The van der Waals surface area contributed by atoms with Crippen molar-refractivity contribution in [2.75, 3.05) is 0 Å². The van der Waals surface area contributed by atoms with Gasteiger partial charge < -0.3 is 0 Å². The summed E-state index contributed by atoms with van der Waals surface area (Å²) in [5, 5.41) is 1.43. The van der Waals surface area contributed by atoms with Crippen molar-refractivity contribution >= 4 is 19.5 Å². The fourth-order valence-corrected chi connectivity index (χ4v) is 4.89. The molecule has 0 atom stereocenters. The van der Waals surface area contributed by atoms with E-state index in [-0.39, 0.29) is 0 Å². The van der Waals surface area contributed by atoms with Crippen LogP contribution in [-0.2, 0) is 4.79 Å². The Morgan fingerprint density at radius 3 is 2.42 bits per heavy atom. The van der Waals surface area contributed by atoms with Crippen molar-refractivity contribution in [3.63, 3.8) is 0 Å². The smallest absolute Gasteiger partial charge is 0.145 e. The number of hydrogen-bond donors (Lipinski definition) is 0. The average Bonchev–Trinajstić information content (AvgIpc) is 2.43. The topological polar surface area (TPSA) is 17.1 Å². The molecule has 1 aromatic rings. The van der Waals surface area contributed by atoms with Crippen LogP contribution in [0.2, 0.25) is 19.1 Å². The molecular formula is C17H26OSi. The zero-order valence-electron chi connectivity index (χ0n) is 12.5. The van der Waals surface area contributed by atoms with E-state index in [0.29, 0.717) is 0 Å². The number of carbonyl (C=O) groups excluding carboxylic acids is 1. The highest BCUT2D eigenvalue weighted by atomic mass is 28.3. The molecule has 0 radical (unpaired) electrons. The fourth-order valence-electron chi connectivity index (χ4n) is 2.35. The van der Waals surface area contributed by atoms with E-state index in [1.165, 1.54) is 24.4 Å². The lowest BCUT2D eigenvalue weighted by atomic mass is 10.1. The van der Waals surface area contributed by atoms with Crippen LogP contribution in [0.25, 0.3) is 0 Å². The van der Waals surface area contributed by atoms with Crippen LogP contribution in [-0.4, -0.2) is 14.4 Å². The van der Waals surface area contributed by atoms with Gasteiger partial charge in [0, 0.05) is 0 Å². The summed E-state index contributed by atoms with van der Waals surface area (Å²) in [6.07, 6.45) is 7.93. The SMILES string of the molecule is CCCCC/C=C(/C=O)C[Si](C)(C)c1ccccc1. The minimum absolute atomic E-state index is 0.951. The Hall–Kier alpha value is -1.15. The van der Waals surface area contributed by atoms with Gasteiger partial charge in [-0.05, 0) is 24.5 Å². The molecule has 0 saturated heterocycles. The number of unbranched alkanes of at least 4 members (excludes halogenated alkanes) is 3. The molecule has 104 valence electrons. The van der Waals surface area contributed by atoms with E-state index in [2.05, 4.69) is 56.4 Å². The van der Waals surface area contributed by atoms with Gasteiger partial charge in [0.1, 0.15) is 6.29 Å². The van der Waals surface area contributed by atoms with E-state index in [4.69, 9.17) is 0 Å². The number of rotatable bonds is 8. The largest absolute Gasteiger partial charge is 0.298 e. The minimum Gasteiger partial charge on any atom is -0.298 e. The summed E-state index contributed by atoms with van der Waals surface area (Å²) in [6, 6.07) is 11.6. The van der Waals surface area contributed by atoms with Gasteiger partial charge in [-0.15, -0.1) is 0 Å². The molecule has 2 heteroatoms. The summed E-state index contributed by atoms with van der Waals surface area (Å²) in [7, 11) is -1.53. The molecule has 0 bridgehead atoms. The Morgan fingerprint density at radius 2 is 1.84 bits per heavy atom. The zero-order valence-corrected chi connectivity index (χ0v) is 13.5. The standard InChI is InChI=1S/C17H26OSi/c1-4-5-6-8-11-16(14-18)15-19(2,3)17-12-9-7-10-13-17/h7,9-14H,4-6,8,15H2,1-3H3/b16-11-. The van der Waals surface area contributed by atoms with Crippen LogP contribution < -0.4 is 5.19 Å². The quantitative estimate of drug-likeness (QED) is 0.299. The predicted octanol–water partition coefficient (Wildman–Crippen LogP) is 4.31. The summed E-state index contributed by atoms with van der Waals surface area (Å²) in [6.45, 7) is 6.88. The van der Waals surface area contributed by atoms with Gasteiger partial charge in [-0.2, -0.15) is 0 Å². The van der Waals surface area contributed by atoms with Gasteiger partial charge in [-0.3, -0.25) is 4.79 Å². The molecule has 0 heterocycles. The third-order valence-electron chi connectivity index (χ3n) is 3.57. The number of carbonyl (C=O) groups is 1. The molecule has 0 aliphatic heterocycles. The van der Waals surface area contributed by atoms with Gasteiger partial charge in [0.05, 0.1) is 8.07 Å². The molecule has 0 saturated carbocycles. The first-order valence-corrected chi connectivity index (χ1v) is 10.5. The highest BCUT2D eigenvalue weighted by Crippen LogP contribution is 2.16. The first-order chi connectivity index (χ1) is 9.10. The highest BCUT2D eigenvalue weighted by Gasteiger charge is 2.24. The summed E-state index contributed by atoms with van der Waals surface area (Å²) < 4.78 is 0. The molecule has 1 nitrogen and oxygen atoms in total. The van der Waals surface area contributed by atoms with Gasteiger partial charge >= 0.3 is 0 Å².